The zero-order valence-electron chi connectivity index (χ0n) is 23.3. The zero-order valence-corrected chi connectivity index (χ0v) is 28.1. The number of amides is 1. The van der Waals surface area contributed by atoms with Crippen molar-refractivity contribution in [2.75, 3.05) is 26.2 Å². The van der Waals surface area contributed by atoms with Gasteiger partial charge in [0, 0.05) is 58.7 Å². The Hall–Kier alpha value is -1.78. The predicted molar refractivity (Wildman–Crippen MR) is 172 cm³/mol. The number of fused-ring (bicyclic) bond motifs is 2. The molecule has 222 valence electrons. The molecule has 3 aliphatic rings. The van der Waals surface area contributed by atoms with Crippen LogP contribution in [0.1, 0.15) is 60.4 Å². The second-order valence-corrected chi connectivity index (χ2v) is 15.9. The molecule has 3 heterocycles. The number of halogens is 3. The van der Waals surface area contributed by atoms with E-state index in [1.54, 1.807) is 28.6 Å². The molecule has 1 aromatic heterocycles. The third kappa shape index (κ3) is 6.23. The largest absolute Gasteiger partial charge is 0.343 e. The fraction of sp³-hybridized carbons (Fsp3) is 0.438. The molecule has 10 heteroatoms. The highest BCUT2D eigenvalue weighted by Gasteiger charge is 2.37. The number of carbonyl (C=O) groups is 1. The SMILES string of the molecule is O=C(CC1CCN(S(=O)(=O)c2ccccc2)CC1)N1CCC([C@H]2c3ncc(Br)cc3CCc3cc(Cl)cc(Br)c32)CC1. The molecule has 3 aromatic rings. The molecule has 2 fully saturated rings. The number of carbonyl (C=O) groups excluding carboxylic acids is 1. The molecular formula is C32H34Br2ClN3O3S. The Labute approximate surface area is 270 Å². The van der Waals surface area contributed by atoms with Crippen molar-refractivity contribution in [3.8, 4) is 0 Å². The van der Waals surface area contributed by atoms with Gasteiger partial charge in [-0.25, -0.2) is 8.42 Å². The highest BCUT2D eigenvalue weighted by atomic mass is 79.9. The predicted octanol–water partition coefficient (Wildman–Crippen LogP) is 7.22. The molecule has 0 spiro atoms. The summed E-state index contributed by atoms with van der Waals surface area (Å²) < 4.78 is 29.6. The van der Waals surface area contributed by atoms with Gasteiger partial charge in [0.05, 0.1) is 10.6 Å². The lowest BCUT2D eigenvalue weighted by Gasteiger charge is -2.38. The van der Waals surface area contributed by atoms with Crippen molar-refractivity contribution in [1.29, 1.82) is 0 Å². The van der Waals surface area contributed by atoms with Crippen molar-refractivity contribution in [3.63, 3.8) is 0 Å². The Balaban J connectivity index is 1.10. The molecule has 1 atom stereocenters. The molecule has 6 nitrogen and oxygen atoms in total. The standard InChI is InChI=1S/C32H34Br2ClN3O3S/c33-25-17-24-7-6-23-18-26(35)19-28(34)30(23)31(32(24)36-20-25)22-10-12-37(13-11-22)29(39)16-21-8-14-38(15-9-21)42(40,41)27-4-2-1-3-5-27/h1-5,17-22,31H,6-16H2/t31-/m1/s1. The maximum Gasteiger partial charge on any atom is 0.243 e. The van der Waals surface area contributed by atoms with E-state index in [1.807, 2.05) is 23.2 Å². The topological polar surface area (TPSA) is 70.6 Å². The van der Waals surface area contributed by atoms with Crippen LogP contribution in [0.4, 0.5) is 0 Å². The average Bonchev–Trinajstić information content (AvgIpc) is 3.15. The number of sulfonamides is 1. The lowest BCUT2D eigenvalue weighted by Crippen LogP contribution is -2.42. The molecule has 1 amide bonds. The van der Waals surface area contributed by atoms with Crippen molar-refractivity contribution < 1.29 is 13.2 Å². The van der Waals surface area contributed by atoms with Gasteiger partial charge in [-0.1, -0.05) is 45.7 Å². The molecule has 0 radical (unpaired) electrons. The number of hydrogen-bond acceptors (Lipinski definition) is 4. The maximum atomic E-state index is 13.4. The van der Waals surface area contributed by atoms with Crippen molar-refractivity contribution in [2.45, 2.75) is 55.8 Å². The minimum atomic E-state index is -3.48. The summed E-state index contributed by atoms with van der Waals surface area (Å²) in [7, 11) is -3.48. The minimum Gasteiger partial charge on any atom is -0.343 e. The van der Waals surface area contributed by atoms with Crippen LogP contribution in [-0.4, -0.2) is 54.7 Å². The quantitative estimate of drug-likeness (QED) is 0.278. The van der Waals surface area contributed by atoms with Crippen LogP contribution in [0, 0.1) is 11.8 Å². The van der Waals surface area contributed by atoms with Gasteiger partial charge in [0.2, 0.25) is 15.9 Å². The number of rotatable bonds is 5. The van der Waals surface area contributed by atoms with Crippen LogP contribution in [0.15, 0.2) is 68.6 Å². The van der Waals surface area contributed by atoms with E-state index < -0.39 is 10.0 Å². The first-order valence-corrected chi connectivity index (χ1v) is 18.1. The van der Waals surface area contributed by atoms with E-state index in [-0.39, 0.29) is 17.7 Å². The van der Waals surface area contributed by atoms with Crippen molar-refractivity contribution >= 4 is 59.4 Å². The van der Waals surface area contributed by atoms with Gasteiger partial charge in [-0.2, -0.15) is 4.31 Å². The van der Waals surface area contributed by atoms with Crippen LogP contribution in [-0.2, 0) is 27.7 Å². The number of aryl methyl sites for hydroxylation is 2. The van der Waals surface area contributed by atoms with Crippen molar-refractivity contribution in [2.24, 2.45) is 11.8 Å². The summed E-state index contributed by atoms with van der Waals surface area (Å²) in [6, 6.07) is 14.9. The van der Waals surface area contributed by atoms with E-state index >= 15 is 0 Å². The van der Waals surface area contributed by atoms with Crippen LogP contribution in [0.25, 0.3) is 0 Å². The first-order valence-electron chi connectivity index (χ1n) is 14.7. The van der Waals surface area contributed by atoms with E-state index in [4.69, 9.17) is 16.6 Å². The first kappa shape index (κ1) is 30.3. The number of pyridine rings is 1. The third-order valence-corrected chi connectivity index (χ3v) is 12.4. The highest BCUT2D eigenvalue weighted by Crippen LogP contribution is 2.46. The lowest BCUT2D eigenvalue weighted by molar-refractivity contribution is -0.133. The van der Waals surface area contributed by atoms with Crippen molar-refractivity contribution in [1.82, 2.24) is 14.2 Å². The van der Waals surface area contributed by atoms with Crippen molar-refractivity contribution in [3.05, 3.63) is 91.1 Å². The molecule has 0 unspecified atom stereocenters. The molecule has 6 rings (SSSR count). The Bertz CT molecular complexity index is 1570. The van der Waals surface area contributed by atoms with Gasteiger partial charge in [-0.15, -0.1) is 0 Å². The summed E-state index contributed by atoms with van der Waals surface area (Å²) in [5.41, 5.74) is 4.97. The minimum absolute atomic E-state index is 0.144. The summed E-state index contributed by atoms with van der Waals surface area (Å²) in [4.78, 5) is 20.7. The molecule has 2 aromatic carbocycles. The van der Waals surface area contributed by atoms with Crippen LogP contribution in [0.3, 0.4) is 0 Å². The number of aromatic nitrogens is 1. The Morgan fingerprint density at radius 3 is 2.33 bits per heavy atom. The monoisotopic (exact) mass is 733 g/mol. The second-order valence-electron chi connectivity index (χ2n) is 11.7. The van der Waals surface area contributed by atoms with Crippen LogP contribution in [0.2, 0.25) is 5.02 Å². The summed E-state index contributed by atoms with van der Waals surface area (Å²) in [5, 5.41) is 0.739. The normalized spacial score (nSPS) is 20.5. The first-order chi connectivity index (χ1) is 20.2. The number of likely N-dealkylation sites (tertiary alicyclic amines) is 1. The highest BCUT2D eigenvalue weighted by molar-refractivity contribution is 9.10. The summed E-state index contributed by atoms with van der Waals surface area (Å²) in [6.45, 7) is 2.38. The van der Waals surface area contributed by atoms with E-state index in [1.165, 1.54) is 16.7 Å². The Morgan fingerprint density at radius 2 is 1.62 bits per heavy atom. The van der Waals surface area contributed by atoms with Crippen LogP contribution < -0.4 is 0 Å². The molecule has 0 saturated carbocycles. The number of piperidine rings is 2. The van der Waals surface area contributed by atoms with E-state index in [2.05, 4.69) is 44.0 Å². The second kappa shape index (κ2) is 12.7. The van der Waals surface area contributed by atoms with Gasteiger partial charge < -0.3 is 4.90 Å². The van der Waals surface area contributed by atoms with Gasteiger partial charge in [0.15, 0.2) is 0 Å². The fourth-order valence-corrected chi connectivity index (χ4v) is 9.97. The fourth-order valence-electron chi connectivity index (χ4n) is 6.98. The number of nitrogens with zero attached hydrogens (tertiary/aromatic N) is 3. The van der Waals surface area contributed by atoms with Gasteiger partial charge in [-0.3, -0.25) is 9.78 Å². The average molecular weight is 736 g/mol. The maximum absolute atomic E-state index is 13.4. The molecule has 0 bridgehead atoms. The summed E-state index contributed by atoms with van der Waals surface area (Å²) in [6.07, 6.45) is 7.46. The Kier molecular flexibility index (Phi) is 9.13. The summed E-state index contributed by atoms with van der Waals surface area (Å²) >= 11 is 13.9. The smallest absolute Gasteiger partial charge is 0.243 e. The number of hydrogen-bond donors (Lipinski definition) is 0. The zero-order chi connectivity index (χ0) is 29.4. The number of benzene rings is 2. The van der Waals surface area contributed by atoms with Crippen LogP contribution >= 0.6 is 43.5 Å². The van der Waals surface area contributed by atoms with Gasteiger partial charge in [0.1, 0.15) is 0 Å². The van der Waals surface area contributed by atoms with Gasteiger partial charge in [0.25, 0.3) is 0 Å². The Morgan fingerprint density at radius 1 is 0.929 bits per heavy atom. The van der Waals surface area contributed by atoms with Gasteiger partial charge in [-0.05, 0) is 113 Å². The molecule has 2 aliphatic heterocycles. The molecule has 2 saturated heterocycles. The van der Waals surface area contributed by atoms with Crippen LogP contribution in [0.5, 0.6) is 0 Å². The van der Waals surface area contributed by atoms with E-state index in [0.29, 0.717) is 43.2 Å². The van der Waals surface area contributed by atoms with E-state index in [9.17, 15) is 13.2 Å². The summed E-state index contributed by atoms with van der Waals surface area (Å²) in [5.74, 6) is 0.906. The lowest BCUT2D eigenvalue weighted by atomic mass is 9.76. The molecule has 1 aliphatic carbocycles. The van der Waals surface area contributed by atoms with Gasteiger partial charge >= 0.3 is 0 Å². The molecular weight excluding hydrogens is 702 g/mol. The van der Waals surface area contributed by atoms with E-state index in [0.717, 1.165) is 58.4 Å². The molecule has 42 heavy (non-hydrogen) atoms. The third-order valence-electron chi connectivity index (χ3n) is 9.20. The molecule has 0 N–H and O–H groups in total.